The highest BCUT2D eigenvalue weighted by Gasteiger charge is 1.97. The number of nitrogens with one attached hydrogen (secondary N) is 1. The van der Waals surface area contributed by atoms with Crippen molar-refractivity contribution < 1.29 is 15.0 Å². The Kier molecular flexibility index (Phi) is 3.06. The Morgan fingerprint density at radius 3 is 2.71 bits per heavy atom. The van der Waals surface area contributed by atoms with Crippen LogP contribution in [-0.2, 0) is 4.79 Å². The molecule has 0 fully saturated rings. The Labute approximate surface area is 80.7 Å². The quantitative estimate of drug-likeness (QED) is 0.365. The predicted molar refractivity (Wildman–Crippen MR) is 51.2 cm³/mol. The molecule has 74 valence electrons. The van der Waals surface area contributed by atoms with Gasteiger partial charge in [-0.25, -0.2) is 5.43 Å². The molecule has 1 rings (SSSR count). The maximum atomic E-state index is 10.4. The molecule has 0 aliphatic carbocycles. The second-order valence-corrected chi connectivity index (χ2v) is 2.67. The van der Waals surface area contributed by atoms with E-state index in [2.05, 4.69) is 10.5 Å². The van der Waals surface area contributed by atoms with Crippen LogP contribution in [0.2, 0.25) is 0 Å². The summed E-state index contributed by atoms with van der Waals surface area (Å²) in [4.78, 5) is 10.4. The molecule has 0 bridgehead atoms. The lowest BCUT2D eigenvalue weighted by Gasteiger charge is -1.97. The third-order valence-corrected chi connectivity index (χ3v) is 1.44. The number of phenolic OH excluding ortho intramolecular Hbond substituents is 2. The van der Waals surface area contributed by atoms with Crippen molar-refractivity contribution in [2.45, 2.75) is 6.92 Å². The molecule has 0 radical (unpaired) electrons. The Morgan fingerprint density at radius 1 is 1.43 bits per heavy atom. The van der Waals surface area contributed by atoms with Crippen LogP contribution in [0.5, 0.6) is 11.5 Å². The van der Waals surface area contributed by atoms with Crippen molar-refractivity contribution >= 4 is 12.1 Å². The number of hydrogen-bond donors (Lipinski definition) is 3. The van der Waals surface area contributed by atoms with Crippen LogP contribution in [0.1, 0.15) is 12.5 Å². The third kappa shape index (κ3) is 2.78. The van der Waals surface area contributed by atoms with Gasteiger partial charge in [0.1, 0.15) is 0 Å². The molecular weight excluding hydrogens is 184 g/mol. The van der Waals surface area contributed by atoms with Gasteiger partial charge in [0.05, 0.1) is 6.21 Å². The second-order valence-electron chi connectivity index (χ2n) is 2.67. The predicted octanol–water partition coefficient (Wildman–Crippen LogP) is 0.568. The largest absolute Gasteiger partial charge is 0.504 e. The lowest BCUT2D eigenvalue weighted by Crippen LogP contribution is -2.12. The minimum absolute atomic E-state index is 0.193. The molecule has 0 spiro atoms. The average Bonchev–Trinajstić information content (AvgIpc) is 2.10. The number of phenols is 2. The Balaban J connectivity index is 2.73. The minimum Gasteiger partial charge on any atom is -0.504 e. The van der Waals surface area contributed by atoms with Gasteiger partial charge < -0.3 is 10.2 Å². The lowest BCUT2D eigenvalue weighted by molar-refractivity contribution is -0.118. The molecule has 0 saturated carbocycles. The molecule has 14 heavy (non-hydrogen) atoms. The first-order chi connectivity index (χ1) is 6.59. The van der Waals surface area contributed by atoms with E-state index in [0.29, 0.717) is 5.56 Å². The number of aromatic hydroxyl groups is 2. The Hall–Kier alpha value is -2.04. The summed E-state index contributed by atoms with van der Waals surface area (Å²) in [5.74, 6) is -0.692. The molecule has 1 aromatic carbocycles. The number of hydrazone groups is 1. The van der Waals surface area contributed by atoms with E-state index >= 15 is 0 Å². The molecule has 5 heteroatoms. The van der Waals surface area contributed by atoms with Crippen LogP contribution >= 0.6 is 0 Å². The summed E-state index contributed by atoms with van der Waals surface area (Å²) in [7, 11) is 0. The number of rotatable bonds is 2. The van der Waals surface area contributed by atoms with Gasteiger partial charge in [0, 0.05) is 6.92 Å². The van der Waals surface area contributed by atoms with Crippen LogP contribution in [-0.4, -0.2) is 22.3 Å². The average molecular weight is 194 g/mol. The first-order valence-electron chi connectivity index (χ1n) is 3.91. The smallest absolute Gasteiger partial charge is 0.236 e. The van der Waals surface area contributed by atoms with Gasteiger partial charge >= 0.3 is 0 Å². The summed E-state index contributed by atoms with van der Waals surface area (Å²) in [5, 5.41) is 21.7. The van der Waals surface area contributed by atoms with E-state index in [0.717, 1.165) is 0 Å². The SMILES string of the molecule is CC(=O)NN=Cc1ccc(O)c(O)c1. The fourth-order valence-electron chi connectivity index (χ4n) is 0.818. The molecule has 0 unspecified atom stereocenters. The van der Waals surface area contributed by atoms with Crippen LogP contribution in [0, 0.1) is 0 Å². The van der Waals surface area contributed by atoms with Crippen molar-refractivity contribution in [3.63, 3.8) is 0 Å². The lowest BCUT2D eigenvalue weighted by atomic mass is 10.2. The highest BCUT2D eigenvalue weighted by molar-refractivity contribution is 5.82. The minimum atomic E-state index is -0.274. The van der Waals surface area contributed by atoms with E-state index in [1.807, 2.05) is 0 Å². The number of carbonyl (C=O) groups excluding carboxylic acids is 1. The Bertz CT molecular complexity index is 374. The van der Waals surface area contributed by atoms with E-state index < -0.39 is 0 Å². The van der Waals surface area contributed by atoms with Gasteiger partial charge in [-0.15, -0.1) is 0 Å². The van der Waals surface area contributed by atoms with E-state index in [1.54, 1.807) is 6.07 Å². The van der Waals surface area contributed by atoms with E-state index in [4.69, 9.17) is 10.2 Å². The molecular formula is C9H10N2O3. The fraction of sp³-hybridized carbons (Fsp3) is 0.111. The maximum absolute atomic E-state index is 10.4. The topological polar surface area (TPSA) is 81.9 Å². The first-order valence-corrected chi connectivity index (χ1v) is 3.91. The van der Waals surface area contributed by atoms with Crippen molar-refractivity contribution in [1.29, 1.82) is 0 Å². The molecule has 0 atom stereocenters. The number of amides is 1. The van der Waals surface area contributed by atoms with Crippen LogP contribution in [0.4, 0.5) is 0 Å². The summed E-state index contributed by atoms with van der Waals surface area (Å²) < 4.78 is 0. The molecule has 3 N–H and O–H groups in total. The third-order valence-electron chi connectivity index (χ3n) is 1.44. The van der Waals surface area contributed by atoms with Crippen molar-refractivity contribution in [3.8, 4) is 11.5 Å². The van der Waals surface area contributed by atoms with Gasteiger partial charge in [-0.3, -0.25) is 4.79 Å². The summed E-state index contributed by atoms with van der Waals surface area (Å²) >= 11 is 0. The van der Waals surface area contributed by atoms with E-state index in [-0.39, 0.29) is 17.4 Å². The summed E-state index contributed by atoms with van der Waals surface area (Å²) in [5.41, 5.74) is 2.79. The number of nitrogens with zero attached hydrogens (tertiary/aromatic N) is 1. The highest BCUT2D eigenvalue weighted by Crippen LogP contribution is 2.23. The molecule has 0 aliphatic rings. The molecule has 0 saturated heterocycles. The standard InChI is InChI=1S/C9H10N2O3/c1-6(12)11-10-5-7-2-3-8(13)9(14)4-7/h2-5,13-14H,1H3,(H,11,12). The molecule has 0 aromatic heterocycles. The van der Waals surface area contributed by atoms with Gasteiger partial charge in [-0.2, -0.15) is 5.10 Å². The summed E-state index contributed by atoms with van der Waals surface area (Å²) in [6.45, 7) is 1.34. The summed E-state index contributed by atoms with van der Waals surface area (Å²) in [6, 6.07) is 4.23. The van der Waals surface area contributed by atoms with Crippen molar-refractivity contribution in [2.75, 3.05) is 0 Å². The van der Waals surface area contributed by atoms with Crippen LogP contribution < -0.4 is 5.43 Å². The first kappa shape index (κ1) is 10.0. The van der Waals surface area contributed by atoms with E-state index in [9.17, 15) is 4.79 Å². The second kappa shape index (κ2) is 4.27. The van der Waals surface area contributed by atoms with Gasteiger partial charge in [0.25, 0.3) is 0 Å². The molecule has 1 aromatic rings. The van der Waals surface area contributed by atoms with Crippen molar-refractivity contribution in [2.24, 2.45) is 5.10 Å². The molecule has 1 amide bonds. The molecule has 5 nitrogen and oxygen atoms in total. The van der Waals surface area contributed by atoms with Crippen LogP contribution in [0.25, 0.3) is 0 Å². The Morgan fingerprint density at radius 2 is 2.14 bits per heavy atom. The number of benzene rings is 1. The zero-order chi connectivity index (χ0) is 10.6. The molecule has 0 aliphatic heterocycles. The zero-order valence-corrected chi connectivity index (χ0v) is 7.56. The van der Waals surface area contributed by atoms with Gasteiger partial charge in [0.2, 0.25) is 5.91 Å². The normalized spacial score (nSPS) is 10.4. The van der Waals surface area contributed by atoms with Crippen LogP contribution in [0.3, 0.4) is 0 Å². The highest BCUT2D eigenvalue weighted by atomic mass is 16.3. The van der Waals surface area contributed by atoms with Gasteiger partial charge in [0.15, 0.2) is 11.5 Å². The van der Waals surface area contributed by atoms with E-state index in [1.165, 1.54) is 25.3 Å². The fourth-order valence-corrected chi connectivity index (χ4v) is 0.818. The van der Waals surface area contributed by atoms with Gasteiger partial charge in [-0.1, -0.05) is 0 Å². The van der Waals surface area contributed by atoms with Crippen LogP contribution in [0.15, 0.2) is 23.3 Å². The van der Waals surface area contributed by atoms with Crippen molar-refractivity contribution in [3.05, 3.63) is 23.8 Å². The number of carbonyl (C=O) groups is 1. The monoisotopic (exact) mass is 194 g/mol. The zero-order valence-electron chi connectivity index (χ0n) is 7.56. The maximum Gasteiger partial charge on any atom is 0.236 e. The van der Waals surface area contributed by atoms with Gasteiger partial charge in [-0.05, 0) is 23.8 Å². The summed E-state index contributed by atoms with van der Waals surface area (Å²) in [6.07, 6.45) is 1.36. The van der Waals surface area contributed by atoms with Crippen molar-refractivity contribution in [1.82, 2.24) is 5.43 Å². The molecule has 0 heterocycles. The number of hydrogen-bond acceptors (Lipinski definition) is 4.